The Morgan fingerprint density at radius 1 is 1.50 bits per heavy atom. The predicted molar refractivity (Wildman–Crippen MR) is 64.4 cm³/mol. The Bertz CT molecular complexity index is 362. The van der Waals surface area contributed by atoms with E-state index in [0.717, 1.165) is 11.5 Å². The van der Waals surface area contributed by atoms with Gasteiger partial charge in [-0.15, -0.1) is 6.58 Å². The summed E-state index contributed by atoms with van der Waals surface area (Å²) in [4.78, 5) is 8.31. The first-order valence-corrected chi connectivity index (χ1v) is 5.15. The highest BCUT2D eigenvalue weighted by Crippen LogP contribution is 2.07. The van der Waals surface area contributed by atoms with Crippen LogP contribution in [0.25, 0.3) is 0 Å². The molecule has 16 heavy (non-hydrogen) atoms. The molecule has 0 saturated carbocycles. The predicted octanol–water partition coefficient (Wildman–Crippen LogP) is 1.14. The van der Waals surface area contributed by atoms with E-state index in [9.17, 15) is 0 Å². The van der Waals surface area contributed by atoms with E-state index in [1.54, 1.807) is 13.1 Å². The Morgan fingerprint density at radius 2 is 2.25 bits per heavy atom. The standard InChI is InChI=1S/C11H18N4O/c1-5-6-13-11(12-4)14-7-10-15-8(2)9(3)16-10/h5H,1,6-7H2,2-4H3,(H2,12,13,14). The lowest BCUT2D eigenvalue weighted by molar-refractivity contribution is 0.464. The lowest BCUT2D eigenvalue weighted by Gasteiger charge is -2.07. The molecular weight excluding hydrogens is 204 g/mol. The topological polar surface area (TPSA) is 62.5 Å². The number of oxazole rings is 1. The maximum atomic E-state index is 5.44. The second-order valence-corrected chi connectivity index (χ2v) is 3.34. The van der Waals surface area contributed by atoms with Crippen LogP contribution in [0, 0.1) is 13.8 Å². The third kappa shape index (κ3) is 3.42. The number of rotatable bonds is 4. The van der Waals surface area contributed by atoms with Crippen LogP contribution in [0.5, 0.6) is 0 Å². The first kappa shape index (κ1) is 12.3. The largest absolute Gasteiger partial charge is 0.444 e. The van der Waals surface area contributed by atoms with E-state index in [0.29, 0.717) is 24.9 Å². The molecule has 0 radical (unpaired) electrons. The van der Waals surface area contributed by atoms with Crippen molar-refractivity contribution in [2.75, 3.05) is 13.6 Å². The Morgan fingerprint density at radius 3 is 2.75 bits per heavy atom. The molecule has 0 spiro atoms. The van der Waals surface area contributed by atoms with Gasteiger partial charge in [0.25, 0.3) is 0 Å². The quantitative estimate of drug-likeness (QED) is 0.455. The van der Waals surface area contributed by atoms with Crippen LogP contribution in [-0.2, 0) is 6.54 Å². The molecule has 0 aliphatic rings. The highest BCUT2D eigenvalue weighted by atomic mass is 16.4. The molecule has 0 bridgehead atoms. The summed E-state index contributed by atoms with van der Waals surface area (Å²) >= 11 is 0. The van der Waals surface area contributed by atoms with Crippen LogP contribution in [0.4, 0.5) is 0 Å². The Kier molecular flexibility index (Phi) is 4.57. The van der Waals surface area contributed by atoms with E-state index in [1.807, 2.05) is 13.8 Å². The van der Waals surface area contributed by atoms with Crippen molar-refractivity contribution in [2.45, 2.75) is 20.4 Å². The van der Waals surface area contributed by atoms with Crippen LogP contribution in [0.2, 0.25) is 0 Å². The van der Waals surface area contributed by atoms with Crippen LogP contribution in [0.15, 0.2) is 22.1 Å². The third-order valence-corrected chi connectivity index (χ3v) is 2.12. The molecular formula is C11H18N4O. The van der Waals surface area contributed by atoms with Crippen molar-refractivity contribution in [3.05, 3.63) is 30.0 Å². The molecule has 0 fully saturated rings. The van der Waals surface area contributed by atoms with Crippen molar-refractivity contribution >= 4 is 5.96 Å². The highest BCUT2D eigenvalue weighted by Gasteiger charge is 2.05. The Balaban J connectivity index is 2.46. The minimum atomic E-state index is 0.519. The maximum Gasteiger partial charge on any atom is 0.214 e. The summed E-state index contributed by atoms with van der Waals surface area (Å²) in [7, 11) is 1.71. The molecule has 0 amide bonds. The average molecular weight is 222 g/mol. The summed E-state index contributed by atoms with van der Waals surface area (Å²) in [5, 5.41) is 6.16. The molecule has 0 aromatic carbocycles. The molecule has 0 aliphatic heterocycles. The van der Waals surface area contributed by atoms with Gasteiger partial charge in [-0.3, -0.25) is 4.99 Å². The van der Waals surface area contributed by atoms with E-state index < -0.39 is 0 Å². The van der Waals surface area contributed by atoms with Crippen molar-refractivity contribution in [1.29, 1.82) is 0 Å². The van der Waals surface area contributed by atoms with Crippen molar-refractivity contribution < 1.29 is 4.42 Å². The zero-order chi connectivity index (χ0) is 12.0. The lowest BCUT2D eigenvalue weighted by Crippen LogP contribution is -2.36. The van der Waals surface area contributed by atoms with Crippen LogP contribution in [0.1, 0.15) is 17.3 Å². The third-order valence-electron chi connectivity index (χ3n) is 2.12. The van der Waals surface area contributed by atoms with Crippen molar-refractivity contribution in [2.24, 2.45) is 4.99 Å². The van der Waals surface area contributed by atoms with Crippen LogP contribution >= 0.6 is 0 Å². The van der Waals surface area contributed by atoms with E-state index >= 15 is 0 Å². The van der Waals surface area contributed by atoms with Gasteiger partial charge in [0.05, 0.1) is 12.2 Å². The van der Waals surface area contributed by atoms with Crippen molar-refractivity contribution in [3.63, 3.8) is 0 Å². The molecule has 0 atom stereocenters. The van der Waals surface area contributed by atoms with Gasteiger partial charge < -0.3 is 15.1 Å². The fourth-order valence-corrected chi connectivity index (χ4v) is 1.16. The average Bonchev–Trinajstić information content (AvgIpc) is 2.59. The van der Waals surface area contributed by atoms with Crippen LogP contribution < -0.4 is 10.6 Å². The summed E-state index contributed by atoms with van der Waals surface area (Å²) in [6.07, 6.45) is 1.77. The Labute approximate surface area is 95.7 Å². The van der Waals surface area contributed by atoms with Gasteiger partial charge in [0, 0.05) is 13.6 Å². The number of nitrogens with zero attached hydrogens (tertiary/aromatic N) is 2. The van der Waals surface area contributed by atoms with Gasteiger partial charge in [-0.25, -0.2) is 4.98 Å². The minimum absolute atomic E-state index is 0.519. The molecule has 1 aromatic rings. The fourth-order valence-electron chi connectivity index (χ4n) is 1.16. The molecule has 1 aromatic heterocycles. The summed E-state index contributed by atoms with van der Waals surface area (Å²) in [5.74, 6) is 2.22. The molecule has 5 nitrogen and oxygen atoms in total. The number of aryl methyl sites for hydroxylation is 2. The number of nitrogens with one attached hydrogen (secondary N) is 2. The molecule has 1 heterocycles. The van der Waals surface area contributed by atoms with E-state index in [4.69, 9.17) is 4.42 Å². The first-order valence-electron chi connectivity index (χ1n) is 5.15. The fraction of sp³-hybridized carbons (Fsp3) is 0.455. The molecule has 0 aliphatic carbocycles. The van der Waals surface area contributed by atoms with Gasteiger partial charge in [-0.1, -0.05) is 6.08 Å². The van der Waals surface area contributed by atoms with E-state index in [-0.39, 0.29) is 0 Å². The van der Waals surface area contributed by atoms with Crippen LogP contribution in [0.3, 0.4) is 0 Å². The van der Waals surface area contributed by atoms with Gasteiger partial charge in [0.1, 0.15) is 5.76 Å². The summed E-state index contributed by atoms with van der Waals surface area (Å²) in [6.45, 7) is 8.64. The van der Waals surface area contributed by atoms with E-state index in [1.165, 1.54) is 0 Å². The number of hydrogen-bond acceptors (Lipinski definition) is 3. The highest BCUT2D eigenvalue weighted by molar-refractivity contribution is 5.79. The smallest absolute Gasteiger partial charge is 0.214 e. The second kappa shape index (κ2) is 5.95. The first-order chi connectivity index (χ1) is 7.67. The monoisotopic (exact) mass is 222 g/mol. The molecule has 0 saturated heterocycles. The number of guanidine groups is 1. The maximum absolute atomic E-state index is 5.44. The molecule has 5 heteroatoms. The molecule has 88 valence electrons. The number of aliphatic imine (C=N–C) groups is 1. The lowest BCUT2D eigenvalue weighted by atomic mass is 10.4. The molecule has 1 rings (SSSR count). The number of hydrogen-bond donors (Lipinski definition) is 2. The SMILES string of the molecule is C=CCNC(=NC)NCc1nc(C)c(C)o1. The van der Waals surface area contributed by atoms with Gasteiger partial charge in [0.15, 0.2) is 5.96 Å². The zero-order valence-electron chi connectivity index (χ0n) is 10.0. The van der Waals surface area contributed by atoms with E-state index in [2.05, 4.69) is 27.2 Å². The molecule has 2 N–H and O–H groups in total. The normalized spacial score (nSPS) is 11.3. The van der Waals surface area contributed by atoms with Crippen molar-refractivity contribution in [1.82, 2.24) is 15.6 Å². The second-order valence-electron chi connectivity index (χ2n) is 3.34. The zero-order valence-corrected chi connectivity index (χ0v) is 10.0. The summed E-state index contributed by atoms with van der Waals surface area (Å²) in [5.41, 5.74) is 0.922. The Hall–Kier alpha value is -1.78. The van der Waals surface area contributed by atoms with Gasteiger partial charge in [0.2, 0.25) is 5.89 Å². The van der Waals surface area contributed by atoms with Gasteiger partial charge >= 0.3 is 0 Å². The van der Waals surface area contributed by atoms with Crippen LogP contribution in [-0.4, -0.2) is 24.5 Å². The molecule has 0 unspecified atom stereocenters. The number of aromatic nitrogens is 1. The summed E-state index contributed by atoms with van der Waals surface area (Å²) < 4.78 is 5.44. The van der Waals surface area contributed by atoms with Gasteiger partial charge in [-0.05, 0) is 13.8 Å². The summed E-state index contributed by atoms with van der Waals surface area (Å²) in [6, 6.07) is 0. The van der Waals surface area contributed by atoms with Gasteiger partial charge in [-0.2, -0.15) is 0 Å². The minimum Gasteiger partial charge on any atom is -0.444 e. The van der Waals surface area contributed by atoms with Crippen molar-refractivity contribution in [3.8, 4) is 0 Å².